The van der Waals surface area contributed by atoms with E-state index in [2.05, 4.69) is 5.32 Å². The number of amides is 1. The molecule has 1 N–H and O–H groups in total. The van der Waals surface area contributed by atoms with Crippen molar-refractivity contribution in [3.8, 4) is 5.75 Å². The highest BCUT2D eigenvalue weighted by atomic mass is 32.2. The maximum atomic E-state index is 12.8. The van der Waals surface area contributed by atoms with E-state index in [1.807, 2.05) is 30.5 Å². The number of nitrogens with one attached hydrogen (secondary N) is 1. The number of benzene rings is 2. The molecular weight excluding hydrogens is 289 g/mol. The summed E-state index contributed by atoms with van der Waals surface area (Å²) in [7, 11) is 0. The van der Waals surface area contributed by atoms with Crippen molar-refractivity contribution in [1.29, 1.82) is 0 Å². The second-order valence-corrected chi connectivity index (χ2v) is 5.31. The summed E-state index contributed by atoms with van der Waals surface area (Å²) in [5.41, 5.74) is 0.724. The Hall–Kier alpha value is -2.01. The van der Waals surface area contributed by atoms with Crippen molar-refractivity contribution < 1.29 is 13.9 Å². The average molecular weight is 305 g/mol. The van der Waals surface area contributed by atoms with E-state index in [0.29, 0.717) is 5.75 Å². The second-order valence-electron chi connectivity index (χ2n) is 4.44. The molecule has 0 fully saturated rings. The molecule has 110 valence electrons. The van der Waals surface area contributed by atoms with Gasteiger partial charge in [0.15, 0.2) is 6.10 Å². The van der Waals surface area contributed by atoms with E-state index in [-0.39, 0.29) is 11.7 Å². The molecule has 0 unspecified atom stereocenters. The second kappa shape index (κ2) is 7.13. The van der Waals surface area contributed by atoms with E-state index in [9.17, 15) is 9.18 Å². The molecule has 21 heavy (non-hydrogen) atoms. The summed E-state index contributed by atoms with van der Waals surface area (Å²) in [4.78, 5) is 13.1. The molecule has 0 saturated carbocycles. The lowest BCUT2D eigenvalue weighted by Crippen LogP contribution is -2.30. The van der Waals surface area contributed by atoms with Gasteiger partial charge in [0.05, 0.1) is 0 Å². The number of carbonyl (C=O) groups excluding carboxylic acids is 1. The number of thioether (sulfide) groups is 1. The molecular formula is C16H16FNO2S. The third-order valence-electron chi connectivity index (χ3n) is 2.83. The Kier molecular flexibility index (Phi) is 5.22. The molecule has 0 bridgehead atoms. The van der Waals surface area contributed by atoms with Crippen LogP contribution < -0.4 is 10.1 Å². The van der Waals surface area contributed by atoms with Gasteiger partial charge in [0.25, 0.3) is 5.91 Å². The molecule has 1 amide bonds. The molecule has 2 aromatic rings. The Morgan fingerprint density at radius 3 is 2.62 bits per heavy atom. The van der Waals surface area contributed by atoms with E-state index < -0.39 is 6.10 Å². The van der Waals surface area contributed by atoms with E-state index >= 15 is 0 Å². The highest BCUT2D eigenvalue weighted by molar-refractivity contribution is 7.98. The normalized spacial score (nSPS) is 11.8. The van der Waals surface area contributed by atoms with Gasteiger partial charge in [0.1, 0.15) is 11.6 Å². The lowest BCUT2D eigenvalue weighted by molar-refractivity contribution is -0.122. The lowest BCUT2D eigenvalue weighted by Gasteiger charge is -2.15. The van der Waals surface area contributed by atoms with E-state index in [4.69, 9.17) is 4.74 Å². The third-order valence-corrected chi connectivity index (χ3v) is 3.56. The summed E-state index contributed by atoms with van der Waals surface area (Å²) >= 11 is 1.60. The zero-order valence-electron chi connectivity index (χ0n) is 11.8. The summed E-state index contributed by atoms with van der Waals surface area (Å²) < 4.78 is 18.3. The van der Waals surface area contributed by atoms with Crippen molar-refractivity contribution in [1.82, 2.24) is 0 Å². The van der Waals surface area contributed by atoms with Crippen molar-refractivity contribution in [2.45, 2.75) is 17.9 Å². The Morgan fingerprint density at radius 2 is 1.95 bits per heavy atom. The fraction of sp³-hybridized carbons (Fsp3) is 0.188. The summed E-state index contributed by atoms with van der Waals surface area (Å²) in [6.45, 7) is 1.65. The number of halogens is 1. The van der Waals surface area contributed by atoms with Crippen LogP contribution in [0.15, 0.2) is 53.4 Å². The average Bonchev–Trinajstić information content (AvgIpc) is 2.49. The van der Waals surface area contributed by atoms with Crippen LogP contribution in [0.3, 0.4) is 0 Å². The summed E-state index contributed by atoms with van der Waals surface area (Å²) in [6, 6.07) is 13.1. The van der Waals surface area contributed by atoms with Crippen molar-refractivity contribution in [2.75, 3.05) is 11.6 Å². The van der Waals surface area contributed by atoms with Crippen molar-refractivity contribution in [3.05, 3.63) is 54.3 Å². The molecule has 2 rings (SSSR count). The predicted molar refractivity (Wildman–Crippen MR) is 83.3 cm³/mol. The standard InChI is InChI=1S/C16H16FNO2S/c1-11(20-14-8-6-12(17)7-9-14)16(19)18-13-4-3-5-15(10-13)21-2/h3-11H,1-2H3,(H,18,19)/t11-/m0/s1. The number of hydrogen-bond donors (Lipinski definition) is 1. The molecule has 5 heteroatoms. The molecule has 0 aliphatic rings. The monoisotopic (exact) mass is 305 g/mol. The van der Waals surface area contributed by atoms with Gasteiger partial charge in [-0.3, -0.25) is 4.79 Å². The number of ether oxygens (including phenoxy) is 1. The highest BCUT2D eigenvalue weighted by Gasteiger charge is 2.15. The molecule has 2 aromatic carbocycles. The molecule has 0 spiro atoms. The largest absolute Gasteiger partial charge is 0.481 e. The summed E-state index contributed by atoms with van der Waals surface area (Å²) in [6.07, 6.45) is 1.30. The zero-order chi connectivity index (χ0) is 15.2. The molecule has 3 nitrogen and oxygen atoms in total. The number of hydrogen-bond acceptors (Lipinski definition) is 3. The van der Waals surface area contributed by atoms with Crippen LogP contribution in [0.4, 0.5) is 10.1 Å². The first-order chi connectivity index (χ1) is 10.1. The maximum Gasteiger partial charge on any atom is 0.265 e. The molecule has 0 aliphatic heterocycles. The van der Waals surface area contributed by atoms with Gasteiger partial charge in [0.2, 0.25) is 0 Å². The smallest absolute Gasteiger partial charge is 0.265 e. The van der Waals surface area contributed by atoms with Crippen molar-refractivity contribution in [3.63, 3.8) is 0 Å². The lowest BCUT2D eigenvalue weighted by atomic mass is 10.3. The summed E-state index contributed by atoms with van der Waals surface area (Å²) in [5.74, 6) is -0.136. The van der Waals surface area contributed by atoms with Crippen LogP contribution in [0.5, 0.6) is 5.75 Å². The van der Waals surface area contributed by atoms with Gasteiger partial charge < -0.3 is 10.1 Å². The first kappa shape index (κ1) is 15.4. The molecule has 0 aromatic heterocycles. The van der Waals surface area contributed by atoms with Gasteiger partial charge in [-0.05, 0) is 55.6 Å². The predicted octanol–water partition coefficient (Wildman–Crippen LogP) is 3.95. The number of rotatable bonds is 5. The minimum atomic E-state index is -0.673. The third kappa shape index (κ3) is 4.49. The molecule has 1 atom stereocenters. The van der Waals surface area contributed by atoms with Crippen LogP contribution in [0.2, 0.25) is 0 Å². The minimum Gasteiger partial charge on any atom is -0.481 e. The van der Waals surface area contributed by atoms with Crippen LogP contribution in [0.1, 0.15) is 6.92 Å². The first-order valence-corrected chi connectivity index (χ1v) is 7.68. The number of carbonyl (C=O) groups is 1. The fourth-order valence-electron chi connectivity index (χ4n) is 1.72. The highest BCUT2D eigenvalue weighted by Crippen LogP contribution is 2.19. The van der Waals surface area contributed by atoms with E-state index in [0.717, 1.165) is 10.6 Å². The van der Waals surface area contributed by atoms with Gasteiger partial charge in [-0.15, -0.1) is 11.8 Å². The molecule has 0 heterocycles. The van der Waals surface area contributed by atoms with E-state index in [1.54, 1.807) is 18.7 Å². The van der Waals surface area contributed by atoms with E-state index in [1.165, 1.54) is 24.3 Å². The van der Waals surface area contributed by atoms with Crippen molar-refractivity contribution in [2.24, 2.45) is 0 Å². The van der Waals surface area contributed by atoms with Crippen LogP contribution in [-0.4, -0.2) is 18.3 Å². The maximum absolute atomic E-state index is 12.8. The fourth-order valence-corrected chi connectivity index (χ4v) is 2.17. The van der Waals surface area contributed by atoms with Crippen LogP contribution in [-0.2, 0) is 4.79 Å². The van der Waals surface area contributed by atoms with Crippen LogP contribution in [0.25, 0.3) is 0 Å². The van der Waals surface area contributed by atoms with Crippen molar-refractivity contribution >= 4 is 23.4 Å². The quantitative estimate of drug-likeness (QED) is 0.850. The SMILES string of the molecule is CSc1cccc(NC(=O)[C@H](C)Oc2ccc(F)cc2)c1. The topological polar surface area (TPSA) is 38.3 Å². The Bertz CT molecular complexity index is 616. The molecule has 0 saturated heterocycles. The van der Waals surface area contributed by atoms with Gasteiger partial charge in [-0.25, -0.2) is 4.39 Å². The summed E-state index contributed by atoms with van der Waals surface area (Å²) in [5, 5.41) is 2.80. The zero-order valence-corrected chi connectivity index (χ0v) is 12.6. The first-order valence-electron chi connectivity index (χ1n) is 6.45. The number of anilines is 1. The van der Waals surface area contributed by atoms with Gasteiger partial charge in [-0.2, -0.15) is 0 Å². The Labute approximate surface area is 127 Å². The van der Waals surface area contributed by atoms with Crippen LogP contribution in [0, 0.1) is 5.82 Å². The van der Waals surface area contributed by atoms with Crippen LogP contribution >= 0.6 is 11.8 Å². The molecule has 0 radical (unpaired) electrons. The van der Waals surface area contributed by atoms with Gasteiger partial charge in [0, 0.05) is 10.6 Å². The minimum absolute atomic E-state index is 0.252. The Morgan fingerprint density at radius 1 is 1.24 bits per heavy atom. The molecule has 0 aliphatic carbocycles. The van der Waals surface area contributed by atoms with Gasteiger partial charge in [-0.1, -0.05) is 6.07 Å². The Balaban J connectivity index is 1.97. The van der Waals surface area contributed by atoms with Gasteiger partial charge >= 0.3 is 0 Å².